The number of anilines is 1. The van der Waals surface area contributed by atoms with Crippen molar-refractivity contribution in [1.82, 2.24) is 15.2 Å². The Kier molecular flexibility index (Phi) is 4.81. The average molecular weight is 303 g/mol. The van der Waals surface area contributed by atoms with Gasteiger partial charge in [0, 0.05) is 0 Å². The van der Waals surface area contributed by atoms with Gasteiger partial charge in [0.15, 0.2) is 6.61 Å². The Balaban J connectivity index is 1.93. The standard InChI is InChI=1S/C13H13N5O4/c1-8-12(21)15-13(18-16-8)17-14-6-9-2-4-10(5-3-9)22-7-11(19)20/h2-6H,7H2,1H3,(H,19,20)(H2,15,17,18,21)/b14-6+. The molecule has 0 unspecified atom stereocenters. The normalized spacial score (nSPS) is 10.6. The molecule has 114 valence electrons. The number of benzene rings is 1. The van der Waals surface area contributed by atoms with E-state index < -0.39 is 12.6 Å². The fraction of sp³-hybridized carbons (Fsp3) is 0.154. The van der Waals surface area contributed by atoms with Crippen molar-refractivity contribution in [1.29, 1.82) is 0 Å². The lowest BCUT2D eigenvalue weighted by Crippen LogP contribution is -2.15. The van der Waals surface area contributed by atoms with Crippen LogP contribution in [0.5, 0.6) is 5.75 Å². The Bertz CT molecular complexity index is 739. The molecule has 1 aromatic carbocycles. The molecule has 0 atom stereocenters. The number of aryl methyl sites for hydroxylation is 1. The van der Waals surface area contributed by atoms with Crippen LogP contribution in [0.4, 0.5) is 5.95 Å². The third kappa shape index (κ3) is 4.40. The summed E-state index contributed by atoms with van der Waals surface area (Å²) >= 11 is 0. The monoisotopic (exact) mass is 303 g/mol. The second kappa shape index (κ2) is 6.97. The minimum atomic E-state index is -1.04. The van der Waals surface area contributed by atoms with Gasteiger partial charge in [-0.3, -0.25) is 9.78 Å². The number of aromatic amines is 1. The maximum Gasteiger partial charge on any atom is 0.341 e. The van der Waals surface area contributed by atoms with Crippen LogP contribution in [-0.2, 0) is 4.79 Å². The number of aromatic nitrogens is 3. The van der Waals surface area contributed by atoms with Crippen LogP contribution in [0.1, 0.15) is 11.3 Å². The zero-order valence-corrected chi connectivity index (χ0v) is 11.6. The van der Waals surface area contributed by atoms with Crippen LogP contribution in [0.15, 0.2) is 34.2 Å². The number of aliphatic carboxylic acids is 1. The smallest absolute Gasteiger partial charge is 0.341 e. The van der Waals surface area contributed by atoms with E-state index in [1.54, 1.807) is 31.2 Å². The molecule has 9 heteroatoms. The van der Waals surface area contributed by atoms with Crippen LogP contribution in [0.2, 0.25) is 0 Å². The number of carboxylic acids is 1. The molecular weight excluding hydrogens is 290 g/mol. The summed E-state index contributed by atoms with van der Waals surface area (Å²) in [6, 6.07) is 6.65. The molecule has 0 bridgehead atoms. The Morgan fingerprint density at radius 2 is 2.14 bits per heavy atom. The summed E-state index contributed by atoms with van der Waals surface area (Å²) in [5.74, 6) is -0.461. The zero-order valence-electron chi connectivity index (χ0n) is 11.6. The van der Waals surface area contributed by atoms with Gasteiger partial charge in [0.2, 0.25) is 5.95 Å². The van der Waals surface area contributed by atoms with Crippen molar-refractivity contribution < 1.29 is 14.6 Å². The summed E-state index contributed by atoms with van der Waals surface area (Å²) in [6.07, 6.45) is 1.50. The summed E-state index contributed by atoms with van der Waals surface area (Å²) in [5, 5.41) is 19.8. The summed E-state index contributed by atoms with van der Waals surface area (Å²) in [5.41, 5.74) is 3.22. The predicted octanol–water partition coefficient (Wildman–Crippen LogP) is 0.383. The van der Waals surface area contributed by atoms with Gasteiger partial charge >= 0.3 is 5.97 Å². The molecule has 0 aliphatic heterocycles. The molecule has 0 saturated heterocycles. The van der Waals surface area contributed by atoms with Crippen molar-refractivity contribution in [3.63, 3.8) is 0 Å². The maximum absolute atomic E-state index is 11.3. The molecule has 1 heterocycles. The predicted molar refractivity (Wildman–Crippen MR) is 78.2 cm³/mol. The van der Waals surface area contributed by atoms with E-state index in [9.17, 15) is 9.59 Å². The second-order valence-corrected chi connectivity index (χ2v) is 4.21. The van der Waals surface area contributed by atoms with Crippen LogP contribution >= 0.6 is 0 Å². The van der Waals surface area contributed by atoms with E-state index >= 15 is 0 Å². The van der Waals surface area contributed by atoms with Gasteiger partial charge in [0.25, 0.3) is 5.56 Å². The first-order chi connectivity index (χ1) is 10.5. The molecular formula is C13H13N5O4. The van der Waals surface area contributed by atoms with Gasteiger partial charge in [-0.05, 0) is 36.8 Å². The molecule has 0 saturated carbocycles. The van der Waals surface area contributed by atoms with E-state index in [1.807, 2.05) is 0 Å². The quantitative estimate of drug-likeness (QED) is 0.519. The van der Waals surface area contributed by atoms with Crippen LogP contribution in [0.25, 0.3) is 0 Å². The molecule has 22 heavy (non-hydrogen) atoms. The number of ether oxygens (including phenoxy) is 1. The molecule has 2 rings (SSSR count). The molecule has 2 aromatic rings. The highest BCUT2D eigenvalue weighted by Crippen LogP contribution is 2.10. The number of nitrogens with zero attached hydrogens (tertiary/aromatic N) is 3. The molecule has 9 nitrogen and oxygen atoms in total. The summed E-state index contributed by atoms with van der Waals surface area (Å²) in [4.78, 5) is 24.2. The first-order valence-corrected chi connectivity index (χ1v) is 6.22. The molecule has 0 aliphatic rings. The molecule has 0 fully saturated rings. The number of carbonyl (C=O) groups is 1. The highest BCUT2D eigenvalue weighted by molar-refractivity contribution is 5.80. The molecule has 0 radical (unpaired) electrons. The van der Waals surface area contributed by atoms with Crippen LogP contribution < -0.4 is 15.7 Å². The Morgan fingerprint density at radius 3 is 2.77 bits per heavy atom. The number of hydrogen-bond acceptors (Lipinski definition) is 7. The first-order valence-electron chi connectivity index (χ1n) is 6.22. The Labute approximate surface area is 124 Å². The molecule has 0 spiro atoms. The van der Waals surface area contributed by atoms with Gasteiger partial charge < -0.3 is 9.84 Å². The number of H-pyrrole nitrogens is 1. The average Bonchev–Trinajstić information content (AvgIpc) is 2.50. The highest BCUT2D eigenvalue weighted by Gasteiger charge is 1.99. The Hall–Kier alpha value is -3.23. The van der Waals surface area contributed by atoms with E-state index in [4.69, 9.17) is 9.84 Å². The van der Waals surface area contributed by atoms with Crippen LogP contribution in [0.3, 0.4) is 0 Å². The van der Waals surface area contributed by atoms with E-state index in [-0.39, 0.29) is 17.2 Å². The van der Waals surface area contributed by atoms with E-state index in [2.05, 4.69) is 25.7 Å². The fourth-order valence-corrected chi connectivity index (χ4v) is 1.41. The van der Waals surface area contributed by atoms with Crippen molar-refractivity contribution in [2.24, 2.45) is 5.10 Å². The van der Waals surface area contributed by atoms with Crippen molar-refractivity contribution in [3.05, 3.63) is 45.9 Å². The highest BCUT2D eigenvalue weighted by atomic mass is 16.5. The lowest BCUT2D eigenvalue weighted by Gasteiger charge is -2.02. The lowest BCUT2D eigenvalue weighted by molar-refractivity contribution is -0.139. The molecule has 1 aromatic heterocycles. The van der Waals surface area contributed by atoms with Gasteiger partial charge in [-0.25, -0.2) is 10.2 Å². The molecule has 0 aliphatic carbocycles. The van der Waals surface area contributed by atoms with Crippen molar-refractivity contribution in [2.75, 3.05) is 12.0 Å². The maximum atomic E-state index is 11.3. The fourth-order valence-electron chi connectivity index (χ4n) is 1.41. The molecule has 0 amide bonds. The van der Waals surface area contributed by atoms with Gasteiger partial charge in [-0.2, -0.15) is 5.10 Å². The minimum absolute atomic E-state index is 0.133. The second-order valence-electron chi connectivity index (χ2n) is 4.21. The van der Waals surface area contributed by atoms with Crippen LogP contribution in [-0.4, -0.2) is 39.1 Å². The number of hydrazone groups is 1. The number of carboxylic acid groups (broad SMARTS) is 1. The minimum Gasteiger partial charge on any atom is -0.482 e. The first kappa shape index (κ1) is 15.2. The number of rotatable bonds is 6. The van der Waals surface area contributed by atoms with Crippen molar-refractivity contribution in [2.45, 2.75) is 6.92 Å². The topological polar surface area (TPSA) is 130 Å². The summed E-state index contributed by atoms with van der Waals surface area (Å²) in [6.45, 7) is 1.15. The van der Waals surface area contributed by atoms with E-state index in [0.717, 1.165) is 5.56 Å². The van der Waals surface area contributed by atoms with E-state index in [0.29, 0.717) is 5.75 Å². The van der Waals surface area contributed by atoms with Gasteiger partial charge in [-0.1, -0.05) is 0 Å². The number of hydrogen-bond donors (Lipinski definition) is 3. The van der Waals surface area contributed by atoms with Crippen molar-refractivity contribution >= 4 is 18.1 Å². The van der Waals surface area contributed by atoms with Crippen LogP contribution in [0, 0.1) is 6.92 Å². The van der Waals surface area contributed by atoms with Gasteiger partial charge in [0.05, 0.1) is 6.21 Å². The Morgan fingerprint density at radius 1 is 1.41 bits per heavy atom. The van der Waals surface area contributed by atoms with Gasteiger partial charge in [0.1, 0.15) is 11.4 Å². The molecule has 3 N–H and O–H groups in total. The zero-order chi connectivity index (χ0) is 15.9. The lowest BCUT2D eigenvalue weighted by atomic mass is 10.2. The summed E-state index contributed by atoms with van der Waals surface area (Å²) in [7, 11) is 0. The SMILES string of the molecule is Cc1nnc(N/N=C/c2ccc(OCC(=O)O)cc2)[nH]c1=O. The van der Waals surface area contributed by atoms with Gasteiger partial charge in [-0.15, -0.1) is 10.2 Å². The third-order valence-electron chi connectivity index (χ3n) is 2.49. The third-order valence-corrected chi connectivity index (χ3v) is 2.49. The summed E-state index contributed by atoms with van der Waals surface area (Å²) < 4.78 is 5.00. The largest absolute Gasteiger partial charge is 0.482 e. The van der Waals surface area contributed by atoms with E-state index in [1.165, 1.54) is 6.21 Å². The number of nitrogens with one attached hydrogen (secondary N) is 2. The van der Waals surface area contributed by atoms with Crippen molar-refractivity contribution in [3.8, 4) is 5.75 Å².